The van der Waals surface area contributed by atoms with Crippen molar-refractivity contribution in [3.63, 3.8) is 0 Å². The highest BCUT2D eigenvalue weighted by Crippen LogP contribution is 2.47. The van der Waals surface area contributed by atoms with Gasteiger partial charge in [-0.15, -0.1) is 0 Å². The number of hydrogen-bond acceptors (Lipinski definition) is 3. The van der Waals surface area contributed by atoms with E-state index in [0.717, 1.165) is 24.9 Å². The van der Waals surface area contributed by atoms with Gasteiger partial charge in [0.2, 0.25) is 0 Å². The maximum Gasteiger partial charge on any atom is 0.0312 e. The van der Waals surface area contributed by atoms with E-state index in [1.165, 1.54) is 24.8 Å². The predicted molar refractivity (Wildman–Crippen MR) is 72.9 cm³/mol. The summed E-state index contributed by atoms with van der Waals surface area (Å²) in [6.07, 6.45) is 7.94. The fourth-order valence-electron chi connectivity index (χ4n) is 3.95. The Balaban J connectivity index is 1.57. The van der Waals surface area contributed by atoms with Crippen molar-refractivity contribution in [3.8, 4) is 0 Å². The van der Waals surface area contributed by atoms with Gasteiger partial charge in [0, 0.05) is 31.5 Å². The van der Waals surface area contributed by atoms with Crippen LogP contribution in [0.5, 0.6) is 0 Å². The zero-order valence-corrected chi connectivity index (χ0v) is 11.1. The molecule has 2 saturated carbocycles. The number of fused-ring (bicyclic) bond motifs is 2. The molecule has 4 unspecified atom stereocenters. The normalized spacial score (nSPS) is 34.4. The summed E-state index contributed by atoms with van der Waals surface area (Å²) in [6.45, 7) is 2.12. The molecular formula is C15H23N3. The zero-order valence-electron chi connectivity index (χ0n) is 11.1. The van der Waals surface area contributed by atoms with Gasteiger partial charge in [-0.1, -0.05) is 6.07 Å². The standard InChI is InChI=1S/C15H23N3/c1-18(9-11-3-2-6-17-8-11)10-14-12-4-5-13(7-12)15(14)16/h2-3,6,8,12-15H,4-5,7,9-10,16H2,1H3. The van der Waals surface area contributed by atoms with E-state index >= 15 is 0 Å². The van der Waals surface area contributed by atoms with E-state index in [4.69, 9.17) is 5.73 Å². The monoisotopic (exact) mass is 245 g/mol. The smallest absolute Gasteiger partial charge is 0.0312 e. The summed E-state index contributed by atoms with van der Waals surface area (Å²) in [5.74, 6) is 2.42. The average molecular weight is 245 g/mol. The summed E-state index contributed by atoms with van der Waals surface area (Å²) in [5.41, 5.74) is 7.66. The molecule has 1 aromatic rings. The Morgan fingerprint density at radius 3 is 2.89 bits per heavy atom. The molecule has 2 N–H and O–H groups in total. The number of aromatic nitrogens is 1. The summed E-state index contributed by atoms with van der Waals surface area (Å²) in [6, 6.07) is 4.59. The summed E-state index contributed by atoms with van der Waals surface area (Å²) < 4.78 is 0. The van der Waals surface area contributed by atoms with E-state index in [-0.39, 0.29) is 0 Å². The lowest BCUT2D eigenvalue weighted by Gasteiger charge is -2.31. The third-order valence-electron chi connectivity index (χ3n) is 4.86. The third kappa shape index (κ3) is 2.29. The second kappa shape index (κ2) is 4.98. The second-order valence-corrected chi connectivity index (χ2v) is 6.13. The molecule has 3 rings (SSSR count). The van der Waals surface area contributed by atoms with Crippen LogP contribution in [0.2, 0.25) is 0 Å². The van der Waals surface area contributed by atoms with Crippen molar-refractivity contribution in [1.29, 1.82) is 0 Å². The molecular weight excluding hydrogens is 222 g/mol. The van der Waals surface area contributed by atoms with Gasteiger partial charge in [-0.3, -0.25) is 4.98 Å². The second-order valence-electron chi connectivity index (χ2n) is 6.13. The van der Waals surface area contributed by atoms with Gasteiger partial charge < -0.3 is 10.6 Å². The first kappa shape index (κ1) is 12.1. The Hall–Kier alpha value is -0.930. The summed E-state index contributed by atoms with van der Waals surface area (Å²) in [4.78, 5) is 6.58. The minimum atomic E-state index is 0.445. The molecule has 0 amide bonds. The predicted octanol–water partition coefficient (Wildman–Crippen LogP) is 1.89. The van der Waals surface area contributed by atoms with E-state index < -0.39 is 0 Å². The van der Waals surface area contributed by atoms with Gasteiger partial charge in [-0.2, -0.15) is 0 Å². The maximum absolute atomic E-state index is 6.37. The number of pyridine rings is 1. The summed E-state index contributed by atoms with van der Waals surface area (Å²) in [7, 11) is 2.20. The van der Waals surface area contributed by atoms with Crippen molar-refractivity contribution in [2.75, 3.05) is 13.6 Å². The Kier molecular flexibility index (Phi) is 3.35. The number of hydrogen-bond donors (Lipinski definition) is 1. The first-order valence-corrected chi connectivity index (χ1v) is 7.07. The first-order chi connectivity index (χ1) is 8.74. The SMILES string of the molecule is CN(Cc1cccnc1)CC1C2CCC(C2)C1N. The molecule has 2 aliphatic rings. The van der Waals surface area contributed by atoms with Crippen molar-refractivity contribution in [2.24, 2.45) is 23.5 Å². The lowest BCUT2D eigenvalue weighted by molar-refractivity contribution is 0.194. The number of rotatable bonds is 4. The lowest BCUT2D eigenvalue weighted by atomic mass is 9.84. The van der Waals surface area contributed by atoms with E-state index in [1.807, 2.05) is 18.5 Å². The Morgan fingerprint density at radius 2 is 2.22 bits per heavy atom. The molecule has 18 heavy (non-hydrogen) atoms. The van der Waals surface area contributed by atoms with Crippen LogP contribution in [0.3, 0.4) is 0 Å². The van der Waals surface area contributed by atoms with Crippen LogP contribution in [0.15, 0.2) is 24.5 Å². The quantitative estimate of drug-likeness (QED) is 0.881. The molecule has 0 spiro atoms. The van der Waals surface area contributed by atoms with Gasteiger partial charge in [0.15, 0.2) is 0 Å². The fourth-order valence-corrected chi connectivity index (χ4v) is 3.95. The van der Waals surface area contributed by atoms with Crippen molar-refractivity contribution in [2.45, 2.75) is 31.8 Å². The molecule has 98 valence electrons. The highest BCUT2D eigenvalue weighted by Gasteiger charge is 2.45. The van der Waals surface area contributed by atoms with E-state index in [1.54, 1.807) is 0 Å². The highest BCUT2D eigenvalue weighted by molar-refractivity contribution is 5.08. The van der Waals surface area contributed by atoms with Crippen LogP contribution in [0.25, 0.3) is 0 Å². The molecule has 3 heteroatoms. The van der Waals surface area contributed by atoms with E-state index in [9.17, 15) is 0 Å². The molecule has 0 aliphatic heterocycles. The average Bonchev–Trinajstić information content (AvgIpc) is 2.94. The van der Waals surface area contributed by atoms with E-state index in [0.29, 0.717) is 12.0 Å². The molecule has 0 saturated heterocycles. The zero-order chi connectivity index (χ0) is 12.5. The summed E-state index contributed by atoms with van der Waals surface area (Å²) >= 11 is 0. The molecule has 2 bridgehead atoms. The van der Waals surface area contributed by atoms with Crippen LogP contribution in [-0.2, 0) is 6.54 Å². The van der Waals surface area contributed by atoms with Gasteiger partial charge in [-0.25, -0.2) is 0 Å². The Bertz CT molecular complexity index is 390. The van der Waals surface area contributed by atoms with Crippen LogP contribution in [0.1, 0.15) is 24.8 Å². The topological polar surface area (TPSA) is 42.2 Å². The van der Waals surface area contributed by atoms with Crippen LogP contribution < -0.4 is 5.73 Å². The van der Waals surface area contributed by atoms with Gasteiger partial charge in [0.05, 0.1) is 0 Å². The van der Waals surface area contributed by atoms with Crippen LogP contribution in [-0.4, -0.2) is 29.5 Å². The van der Waals surface area contributed by atoms with Crippen molar-refractivity contribution >= 4 is 0 Å². The molecule has 2 fully saturated rings. The molecule has 1 heterocycles. The highest BCUT2D eigenvalue weighted by atomic mass is 15.1. The fraction of sp³-hybridized carbons (Fsp3) is 0.667. The molecule has 1 aromatic heterocycles. The van der Waals surface area contributed by atoms with Crippen molar-refractivity contribution in [3.05, 3.63) is 30.1 Å². The Morgan fingerprint density at radius 1 is 1.39 bits per heavy atom. The van der Waals surface area contributed by atoms with Crippen molar-refractivity contribution < 1.29 is 0 Å². The van der Waals surface area contributed by atoms with Gasteiger partial charge in [0.1, 0.15) is 0 Å². The van der Waals surface area contributed by atoms with Gasteiger partial charge in [-0.05, 0) is 55.7 Å². The number of nitrogens with zero attached hydrogens (tertiary/aromatic N) is 2. The van der Waals surface area contributed by atoms with Crippen LogP contribution in [0, 0.1) is 17.8 Å². The van der Waals surface area contributed by atoms with Crippen molar-refractivity contribution in [1.82, 2.24) is 9.88 Å². The van der Waals surface area contributed by atoms with Crippen LogP contribution >= 0.6 is 0 Å². The molecule has 2 aliphatic carbocycles. The summed E-state index contributed by atoms with van der Waals surface area (Å²) in [5, 5.41) is 0. The minimum Gasteiger partial charge on any atom is -0.327 e. The third-order valence-corrected chi connectivity index (χ3v) is 4.86. The first-order valence-electron chi connectivity index (χ1n) is 7.07. The van der Waals surface area contributed by atoms with Crippen LogP contribution in [0.4, 0.5) is 0 Å². The lowest BCUT2D eigenvalue weighted by Crippen LogP contribution is -2.41. The molecule has 0 radical (unpaired) electrons. The number of nitrogens with two attached hydrogens (primary N) is 1. The van der Waals surface area contributed by atoms with E-state index in [2.05, 4.69) is 23.0 Å². The molecule has 0 aromatic carbocycles. The minimum absolute atomic E-state index is 0.445. The maximum atomic E-state index is 6.37. The Labute approximate surface area is 109 Å². The van der Waals surface area contributed by atoms with Gasteiger partial charge >= 0.3 is 0 Å². The largest absolute Gasteiger partial charge is 0.327 e. The molecule has 3 nitrogen and oxygen atoms in total. The van der Waals surface area contributed by atoms with Gasteiger partial charge in [0.25, 0.3) is 0 Å². The molecule has 4 atom stereocenters.